The summed E-state index contributed by atoms with van der Waals surface area (Å²) in [5.41, 5.74) is 8.84. The van der Waals surface area contributed by atoms with E-state index in [4.69, 9.17) is 10.5 Å². The Bertz CT molecular complexity index is 745. The first kappa shape index (κ1) is 18.7. The van der Waals surface area contributed by atoms with Gasteiger partial charge >= 0.3 is 6.18 Å². The summed E-state index contributed by atoms with van der Waals surface area (Å²) in [7, 11) is 1.59. The fraction of sp³-hybridized carbons (Fsp3) is 0.500. The minimum Gasteiger partial charge on any atom is -0.468 e. The van der Waals surface area contributed by atoms with Crippen LogP contribution in [0.15, 0.2) is 30.3 Å². The van der Waals surface area contributed by atoms with Gasteiger partial charge in [0.25, 0.3) is 0 Å². The third-order valence-electron chi connectivity index (χ3n) is 4.71. The number of benzene rings is 1. The molecule has 1 aromatic carbocycles. The molecule has 1 aromatic heterocycles. The number of hydrogen-bond acceptors (Lipinski definition) is 4. The summed E-state index contributed by atoms with van der Waals surface area (Å²) in [5.74, 6) is 0.365. The second-order valence-electron chi connectivity index (χ2n) is 6.77. The number of alkyl halides is 3. The van der Waals surface area contributed by atoms with E-state index in [2.05, 4.69) is 22.1 Å². The van der Waals surface area contributed by atoms with Crippen molar-refractivity contribution in [2.45, 2.75) is 31.6 Å². The normalized spacial score (nSPS) is 21.3. The fourth-order valence-electron chi connectivity index (χ4n) is 3.51. The molecular formula is C18H23F3N4O. The molecule has 0 spiro atoms. The van der Waals surface area contributed by atoms with Gasteiger partial charge < -0.3 is 10.5 Å². The van der Waals surface area contributed by atoms with Crippen LogP contribution in [0.5, 0.6) is 5.88 Å². The first-order chi connectivity index (χ1) is 12.2. The van der Waals surface area contributed by atoms with Crippen LogP contribution in [-0.2, 0) is 13.6 Å². The van der Waals surface area contributed by atoms with Crippen molar-refractivity contribution in [1.29, 1.82) is 0 Å². The van der Waals surface area contributed by atoms with Crippen molar-refractivity contribution in [2.75, 3.05) is 19.7 Å². The summed E-state index contributed by atoms with van der Waals surface area (Å²) in [6.45, 7) is 2.33. The number of likely N-dealkylation sites (tertiary alicyclic amines) is 1. The van der Waals surface area contributed by atoms with Crippen LogP contribution < -0.4 is 10.5 Å². The van der Waals surface area contributed by atoms with Gasteiger partial charge in [-0.15, -0.1) is 0 Å². The van der Waals surface area contributed by atoms with Crippen molar-refractivity contribution in [3.63, 3.8) is 0 Å². The van der Waals surface area contributed by atoms with Crippen LogP contribution in [0.25, 0.3) is 0 Å². The first-order valence-corrected chi connectivity index (χ1v) is 8.49. The number of aromatic nitrogens is 2. The van der Waals surface area contributed by atoms with Gasteiger partial charge in [-0.25, -0.2) is 4.68 Å². The van der Waals surface area contributed by atoms with E-state index < -0.39 is 12.8 Å². The van der Waals surface area contributed by atoms with Gasteiger partial charge in [0.2, 0.25) is 5.88 Å². The molecule has 2 atom stereocenters. The molecule has 8 heteroatoms. The number of aryl methyl sites for hydroxylation is 2. The maximum absolute atomic E-state index is 12.5. The standard InChI is InChI=1S/C18H23F3N4O/c1-12-14(17(24(2)23-12)26-11-18(19,20)21)8-25-9-15(16(22)10-25)13-6-4-3-5-7-13/h3-7,15-16H,8-11,22H2,1-2H3/t15-,16+/m0/s1. The average Bonchev–Trinajstić information content (AvgIpc) is 3.06. The van der Waals surface area contributed by atoms with Crippen molar-refractivity contribution >= 4 is 0 Å². The van der Waals surface area contributed by atoms with Gasteiger partial charge in [0.15, 0.2) is 6.61 Å². The lowest BCUT2D eigenvalue weighted by Gasteiger charge is -2.17. The highest BCUT2D eigenvalue weighted by Gasteiger charge is 2.33. The molecule has 0 amide bonds. The molecule has 26 heavy (non-hydrogen) atoms. The van der Waals surface area contributed by atoms with Gasteiger partial charge in [0.05, 0.1) is 11.3 Å². The Balaban J connectivity index is 1.73. The Morgan fingerprint density at radius 2 is 1.92 bits per heavy atom. The molecule has 142 valence electrons. The highest BCUT2D eigenvalue weighted by Crippen LogP contribution is 2.31. The summed E-state index contributed by atoms with van der Waals surface area (Å²) in [5, 5.41) is 4.22. The molecule has 0 radical (unpaired) electrons. The second-order valence-corrected chi connectivity index (χ2v) is 6.77. The molecule has 0 aliphatic carbocycles. The molecular weight excluding hydrogens is 345 g/mol. The van der Waals surface area contributed by atoms with Crippen molar-refractivity contribution in [3.05, 3.63) is 47.2 Å². The molecule has 1 aliphatic rings. The Labute approximate surface area is 150 Å². The molecule has 5 nitrogen and oxygen atoms in total. The maximum atomic E-state index is 12.5. The lowest BCUT2D eigenvalue weighted by molar-refractivity contribution is -0.154. The van der Waals surface area contributed by atoms with Crippen LogP contribution in [0, 0.1) is 6.92 Å². The number of ether oxygens (including phenoxy) is 1. The van der Waals surface area contributed by atoms with E-state index >= 15 is 0 Å². The molecule has 0 saturated carbocycles. The third-order valence-corrected chi connectivity index (χ3v) is 4.71. The highest BCUT2D eigenvalue weighted by molar-refractivity contribution is 5.32. The van der Waals surface area contributed by atoms with Gasteiger partial charge in [0, 0.05) is 38.6 Å². The average molecular weight is 368 g/mol. The quantitative estimate of drug-likeness (QED) is 0.881. The largest absolute Gasteiger partial charge is 0.468 e. The van der Waals surface area contributed by atoms with E-state index in [-0.39, 0.29) is 17.8 Å². The molecule has 0 bridgehead atoms. The SMILES string of the molecule is Cc1nn(C)c(OCC(F)(F)F)c1CN1C[C@@H](N)[C@H](c2ccccc2)C1. The second kappa shape index (κ2) is 7.28. The monoisotopic (exact) mass is 368 g/mol. The number of rotatable bonds is 5. The summed E-state index contributed by atoms with van der Waals surface area (Å²) in [6, 6.07) is 10.0. The number of halogens is 3. The van der Waals surface area contributed by atoms with Crippen LogP contribution in [-0.4, -0.2) is 46.6 Å². The number of hydrogen-bond donors (Lipinski definition) is 1. The highest BCUT2D eigenvalue weighted by atomic mass is 19.4. The maximum Gasteiger partial charge on any atom is 0.422 e. The Morgan fingerprint density at radius 3 is 2.58 bits per heavy atom. The van der Waals surface area contributed by atoms with E-state index in [1.165, 1.54) is 10.2 Å². The molecule has 3 rings (SSSR count). The zero-order valence-electron chi connectivity index (χ0n) is 14.8. The first-order valence-electron chi connectivity index (χ1n) is 8.49. The minimum absolute atomic E-state index is 0.0195. The summed E-state index contributed by atoms with van der Waals surface area (Å²) >= 11 is 0. The molecule has 1 saturated heterocycles. The van der Waals surface area contributed by atoms with Crippen molar-refractivity contribution in [2.24, 2.45) is 12.8 Å². The molecule has 2 heterocycles. The van der Waals surface area contributed by atoms with Crippen molar-refractivity contribution < 1.29 is 17.9 Å². The van der Waals surface area contributed by atoms with E-state index in [1.54, 1.807) is 14.0 Å². The van der Waals surface area contributed by atoms with Crippen molar-refractivity contribution in [3.8, 4) is 5.88 Å². The van der Waals surface area contributed by atoms with Gasteiger partial charge in [-0.3, -0.25) is 4.90 Å². The van der Waals surface area contributed by atoms with Crippen LogP contribution in [0.3, 0.4) is 0 Å². The zero-order chi connectivity index (χ0) is 18.9. The predicted molar refractivity (Wildman–Crippen MR) is 91.9 cm³/mol. The van der Waals surface area contributed by atoms with Crippen molar-refractivity contribution in [1.82, 2.24) is 14.7 Å². The minimum atomic E-state index is -4.39. The van der Waals surface area contributed by atoms with Gasteiger partial charge in [0.1, 0.15) is 0 Å². The Morgan fingerprint density at radius 1 is 1.23 bits per heavy atom. The molecule has 2 N–H and O–H groups in total. The summed E-state index contributed by atoms with van der Waals surface area (Å²) < 4.78 is 44.0. The molecule has 1 fully saturated rings. The van der Waals surface area contributed by atoms with E-state index in [1.807, 2.05) is 18.2 Å². The lowest BCUT2D eigenvalue weighted by Crippen LogP contribution is -2.28. The van der Waals surface area contributed by atoms with Crippen LogP contribution in [0.2, 0.25) is 0 Å². The third kappa shape index (κ3) is 4.19. The smallest absolute Gasteiger partial charge is 0.422 e. The lowest BCUT2D eigenvalue weighted by atomic mass is 9.95. The molecule has 1 aliphatic heterocycles. The fourth-order valence-corrected chi connectivity index (χ4v) is 3.51. The van der Waals surface area contributed by atoms with E-state index in [0.29, 0.717) is 24.3 Å². The Hall–Kier alpha value is -2.06. The molecule has 0 unspecified atom stereocenters. The summed E-state index contributed by atoms with van der Waals surface area (Å²) in [6.07, 6.45) is -4.39. The van der Waals surface area contributed by atoms with Crippen LogP contribution in [0.1, 0.15) is 22.7 Å². The van der Waals surface area contributed by atoms with E-state index in [0.717, 1.165) is 6.54 Å². The van der Waals surface area contributed by atoms with Gasteiger partial charge in [-0.05, 0) is 12.5 Å². The van der Waals surface area contributed by atoms with Crippen LogP contribution in [0.4, 0.5) is 13.2 Å². The molecule has 2 aromatic rings. The predicted octanol–water partition coefficient (Wildman–Crippen LogP) is 2.60. The van der Waals surface area contributed by atoms with Gasteiger partial charge in [-0.1, -0.05) is 30.3 Å². The van der Waals surface area contributed by atoms with Crippen LogP contribution >= 0.6 is 0 Å². The number of nitrogens with two attached hydrogens (primary N) is 1. The van der Waals surface area contributed by atoms with E-state index in [9.17, 15) is 13.2 Å². The zero-order valence-corrected chi connectivity index (χ0v) is 14.8. The topological polar surface area (TPSA) is 56.3 Å². The van der Waals surface area contributed by atoms with Gasteiger partial charge in [-0.2, -0.15) is 18.3 Å². The summed E-state index contributed by atoms with van der Waals surface area (Å²) in [4.78, 5) is 2.15. The number of nitrogens with zero attached hydrogens (tertiary/aromatic N) is 3. The Kier molecular flexibility index (Phi) is 5.24.